The lowest BCUT2D eigenvalue weighted by Gasteiger charge is -2.30. The van der Waals surface area contributed by atoms with E-state index in [0.29, 0.717) is 19.5 Å². The van der Waals surface area contributed by atoms with E-state index in [4.69, 9.17) is 9.72 Å². The number of fused-ring (bicyclic) bond motifs is 2. The monoisotopic (exact) mass is 549 g/mol. The van der Waals surface area contributed by atoms with Crippen molar-refractivity contribution in [1.82, 2.24) is 9.88 Å². The highest BCUT2D eigenvalue weighted by molar-refractivity contribution is 9.10. The largest absolute Gasteiger partial charge is 0.444 e. The second-order valence-corrected chi connectivity index (χ2v) is 11.2. The van der Waals surface area contributed by atoms with Gasteiger partial charge < -0.3 is 15.0 Å². The molecule has 0 aliphatic carbocycles. The first-order valence-corrected chi connectivity index (χ1v) is 13.2. The van der Waals surface area contributed by atoms with Crippen molar-refractivity contribution in [2.45, 2.75) is 53.2 Å². The third-order valence-electron chi connectivity index (χ3n) is 4.69. The summed E-state index contributed by atoms with van der Waals surface area (Å²) in [5.41, 5.74) is 2.43. The topological polar surface area (TPSA) is 71.5 Å². The van der Waals surface area contributed by atoms with Crippen LogP contribution in [0, 0.1) is 0 Å². The van der Waals surface area contributed by atoms with Crippen molar-refractivity contribution in [3.8, 4) is 10.6 Å². The van der Waals surface area contributed by atoms with E-state index in [-0.39, 0.29) is 12.0 Å². The Morgan fingerprint density at radius 1 is 1.27 bits per heavy atom. The van der Waals surface area contributed by atoms with Crippen LogP contribution in [-0.4, -0.2) is 34.0 Å². The third kappa shape index (κ3) is 5.83. The number of amides is 2. The molecule has 176 valence electrons. The molecule has 1 aliphatic rings. The van der Waals surface area contributed by atoms with Gasteiger partial charge in [0.15, 0.2) is 0 Å². The summed E-state index contributed by atoms with van der Waals surface area (Å²) in [5, 5.41) is 4.53. The van der Waals surface area contributed by atoms with E-state index in [0.717, 1.165) is 40.7 Å². The van der Waals surface area contributed by atoms with Crippen molar-refractivity contribution in [3.05, 3.63) is 45.8 Å². The standard InChI is InChI=1S/C22H22BrN3O3S2.C2H6/c1-5-17(27)25-20-18(19-24-14-10-12(23)6-7-15(14)30-19)13-8-9-26(11-16(13)31-20)21(28)29-22(2,3)4;1-2/h5-7,10H,1,8-9,11H2,2-4H3,(H,25,27);1-2H3. The van der Waals surface area contributed by atoms with Crippen LogP contribution in [0.15, 0.2) is 35.3 Å². The number of anilines is 1. The molecule has 0 fully saturated rings. The number of hydrogen-bond donors (Lipinski definition) is 1. The Balaban J connectivity index is 0.00000149. The van der Waals surface area contributed by atoms with Crippen LogP contribution in [0.1, 0.15) is 45.1 Å². The van der Waals surface area contributed by atoms with E-state index in [1.807, 2.05) is 52.8 Å². The normalized spacial score (nSPS) is 13.1. The maximum atomic E-state index is 12.6. The number of benzene rings is 1. The maximum absolute atomic E-state index is 12.6. The van der Waals surface area contributed by atoms with Gasteiger partial charge in [0.25, 0.3) is 0 Å². The number of aromatic nitrogens is 1. The molecular formula is C24H28BrN3O3S2. The zero-order chi connectivity index (χ0) is 24.3. The summed E-state index contributed by atoms with van der Waals surface area (Å²) in [6.07, 6.45) is 1.60. The molecular weight excluding hydrogens is 522 g/mol. The number of ether oxygens (including phenoxy) is 1. The summed E-state index contributed by atoms with van der Waals surface area (Å²) in [6, 6.07) is 6.01. The number of thiophene rings is 1. The number of halogens is 1. The van der Waals surface area contributed by atoms with E-state index in [1.54, 1.807) is 16.2 Å². The number of nitrogens with one attached hydrogen (secondary N) is 1. The average Bonchev–Trinajstić information content (AvgIpc) is 3.33. The van der Waals surface area contributed by atoms with Gasteiger partial charge in [-0.2, -0.15) is 0 Å². The number of hydrogen-bond acceptors (Lipinski definition) is 6. The van der Waals surface area contributed by atoms with Gasteiger partial charge in [0.2, 0.25) is 5.91 Å². The Morgan fingerprint density at radius 3 is 2.67 bits per heavy atom. The van der Waals surface area contributed by atoms with E-state index in [2.05, 4.69) is 27.8 Å². The number of nitrogens with zero attached hydrogens (tertiary/aromatic N) is 2. The first-order chi connectivity index (χ1) is 15.6. The third-order valence-corrected chi connectivity index (χ3v) is 7.37. The molecule has 3 heterocycles. The zero-order valence-corrected chi connectivity index (χ0v) is 22.7. The second-order valence-electron chi connectivity index (χ2n) is 8.18. The Hall–Kier alpha value is -2.23. The lowest BCUT2D eigenvalue weighted by atomic mass is 10.0. The van der Waals surface area contributed by atoms with Crippen LogP contribution in [0.5, 0.6) is 0 Å². The van der Waals surface area contributed by atoms with Crippen molar-refractivity contribution >= 4 is 65.8 Å². The summed E-state index contributed by atoms with van der Waals surface area (Å²) < 4.78 is 7.59. The average molecular weight is 551 g/mol. The van der Waals surface area contributed by atoms with E-state index >= 15 is 0 Å². The van der Waals surface area contributed by atoms with Crippen LogP contribution in [0.4, 0.5) is 9.80 Å². The minimum atomic E-state index is -0.545. The zero-order valence-electron chi connectivity index (χ0n) is 19.5. The fourth-order valence-electron chi connectivity index (χ4n) is 3.37. The van der Waals surface area contributed by atoms with Gasteiger partial charge in [-0.05, 0) is 57.0 Å². The Morgan fingerprint density at radius 2 is 2.00 bits per heavy atom. The van der Waals surface area contributed by atoms with Crippen molar-refractivity contribution < 1.29 is 14.3 Å². The number of carbonyl (C=O) groups is 2. The highest BCUT2D eigenvalue weighted by atomic mass is 79.9. The smallest absolute Gasteiger partial charge is 0.410 e. The fourth-order valence-corrected chi connectivity index (χ4v) is 6.08. The van der Waals surface area contributed by atoms with Crippen LogP contribution < -0.4 is 5.32 Å². The molecule has 0 atom stereocenters. The summed E-state index contributed by atoms with van der Waals surface area (Å²) in [5.74, 6) is -0.271. The molecule has 0 saturated heterocycles. The minimum absolute atomic E-state index is 0.271. The first kappa shape index (κ1) is 25.4. The van der Waals surface area contributed by atoms with Crippen molar-refractivity contribution in [3.63, 3.8) is 0 Å². The van der Waals surface area contributed by atoms with Crippen molar-refractivity contribution in [2.24, 2.45) is 0 Å². The highest BCUT2D eigenvalue weighted by Gasteiger charge is 2.31. The van der Waals surface area contributed by atoms with Crippen LogP contribution in [0.2, 0.25) is 0 Å². The van der Waals surface area contributed by atoms with Gasteiger partial charge >= 0.3 is 6.09 Å². The molecule has 4 rings (SSSR count). The number of carbonyl (C=O) groups excluding carboxylic acids is 2. The van der Waals surface area contributed by atoms with Gasteiger partial charge in [0, 0.05) is 21.5 Å². The van der Waals surface area contributed by atoms with E-state index in [1.165, 1.54) is 17.4 Å². The predicted octanol–water partition coefficient (Wildman–Crippen LogP) is 7.23. The number of thiazole rings is 1. The molecule has 9 heteroatoms. The molecule has 3 aromatic rings. The summed E-state index contributed by atoms with van der Waals surface area (Å²) >= 11 is 6.57. The summed E-state index contributed by atoms with van der Waals surface area (Å²) in [6.45, 7) is 14.1. The van der Waals surface area contributed by atoms with Gasteiger partial charge in [-0.1, -0.05) is 36.4 Å². The maximum Gasteiger partial charge on any atom is 0.410 e. The summed E-state index contributed by atoms with van der Waals surface area (Å²) in [7, 11) is 0. The van der Waals surface area contributed by atoms with Crippen LogP contribution >= 0.6 is 38.6 Å². The van der Waals surface area contributed by atoms with Gasteiger partial charge in [0.1, 0.15) is 15.6 Å². The van der Waals surface area contributed by atoms with E-state index < -0.39 is 5.60 Å². The molecule has 1 aromatic carbocycles. The van der Waals surface area contributed by atoms with Crippen molar-refractivity contribution in [2.75, 3.05) is 11.9 Å². The molecule has 1 aliphatic heterocycles. The minimum Gasteiger partial charge on any atom is -0.444 e. The molecule has 2 aromatic heterocycles. The van der Waals surface area contributed by atoms with Gasteiger partial charge in [-0.25, -0.2) is 9.78 Å². The highest BCUT2D eigenvalue weighted by Crippen LogP contribution is 2.46. The SMILES string of the molecule is C=CC(=O)Nc1sc2c(c1-c1nc3cc(Br)ccc3s1)CCN(C(=O)OC(C)(C)C)C2.CC. The molecule has 33 heavy (non-hydrogen) atoms. The van der Waals surface area contributed by atoms with Gasteiger partial charge in [-0.3, -0.25) is 4.79 Å². The molecule has 0 bridgehead atoms. The lowest BCUT2D eigenvalue weighted by Crippen LogP contribution is -2.39. The molecule has 0 spiro atoms. The van der Waals surface area contributed by atoms with Gasteiger partial charge in [-0.15, -0.1) is 22.7 Å². The van der Waals surface area contributed by atoms with Crippen LogP contribution in [0.25, 0.3) is 20.8 Å². The summed E-state index contributed by atoms with van der Waals surface area (Å²) in [4.78, 5) is 32.2. The predicted molar refractivity (Wildman–Crippen MR) is 141 cm³/mol. The molecule has 0 radical (unpaired) electrons. The first-order valence-electron chi connectivity index (χ1n) is 10.8. The van der Waals surface area contributed by atoms with Gasteiger partial charge in [0.05, 0.1) is 16.8 Å². The van der Waals surface area contributed by atoms with Crippen molar-refractivity contribution in [1.29, 1.82) is 0 Å². The molecule has 2 amide bonds. The molecule has 0 saturated carbocycles. The molecule has 0 unspecified atom stereocenters. The molecule has 6 nitrogen and oxygen atoms in total. The second kappa shape index (κ2) is 10.4. The van der Waals surface area contributed by atoms with Crippen LogP contribution in [-0.2, 0) is 22.5 Å². The van der Waals surface area contributed by atoms with E-state index in [9.17, 15) is 9.59 Å². The quantitative estimate of drug-likeness (QED) is 0.349. The Bertz CT molecular complexity index is 1190. The molecule has 1 N–H and O–H groups in total. The Kier molecular flexibility index (Phi) is 7.97. The lowest BCUT2D eigenvalue weighted by molar-refractivity contribution is -0.111. The Labute approximate surface area is 210 Å². The fraction of sp³-hybridized carbons (Fsp3) is 0.375. The van der Waals surface area contributed by atoms with Crippen LogP contribution in [0.3, 0.4) is 0 Å². The number of rotatable bonds is 3.